The number of para-hydroxylation sites is 1. The Labute approximate surface area is 155 Å². The zero-order chi connectivity index (χ0) is 17.2. The lowest BCUT2D eigenvalue weighted by Crippen LogP contribution is -2.32. The van der Waals surface area contributed by atoms with E-state index >= 15 is 0 Å². The van der Waals surface area contributed by atoms with Crippen LogP contribution in [0.4, 0.5) is 5.69 Å². The van der Waals surface area contributed by atoms with Gasteiger partial charge in [-0.2, -0.15) is 0 Å². The minimum Gasteiger partial charge on any atom is -0.325 e. The van der Waals surface area contributed by atoms with Gasteiger partial charge in [0.15, 0.2) is 0 Å². The third-order valence-electron chi connectivity index (χ3n) is 4.41. The lowest BCUT2D eigenvalue weighted by atomic mass is 10.2. The number of carbonyl (C=O) groups excluding carboxylic acids is 1. The highest BCUT2D eigenvalue weighted by molar-refractivity contribution is 7.18. The summed E-state index contributed by atoms with van der Waals surface area (Å²) in [6, 6.07) is 15.6. The Bertz CT molecular complexity index is 877. The average Bonchev–Trinajstić information content (AvgIpc) is 3.20. The van der Waals surface area contributed by atoms with Gasteiger partial charge in [0.25, 0.3) is 0 Å². The molecule has 25 heavy (non-hydrogen) atoms. The number of halogens is 1. The highest BCUT2D eigenvalue weighted by Crippen LogP contribution is 2.36. The van der Waals surface area contributed by atoms with Gasteiger partial charge >= 0.3 is 0 Å². The standard InChI is InChI=1S/C19H18ClN3OS/c20-13-5-3-6-14(11-13)21-18(24)12-23-10-4-8-16(23)19-22-15-7-1-2-9-17(15)25-19/h1-3,5-7,9,11,16H,4,8,10,12H2,(H,21,24). The molecule has 2 aromatic carbocycles. The number of likely N-dealkylation sites (tertiary alicyclic amines) is 1. The van der Waals surface area contributed by atoms with Gasteiger partial charge in [-0.25, -0.2) is 4.98 Å². The Morgan fingerprint density at radius 1 is 1.28 bits per heavy atom. The number of amides is 1. The molecule has 2 heterocycles. The number of anilines is 1. The second kappa shape index (κ2) is 7.12. The summed E-state index contributed by atoms with van der Waals surface area (Å²) in [4.78, 5) is 19.4. The zero-order valence-corrected chi connectivity index (χ0v) is 15.2. The topological polar surface area (TPSA) is 45.2 Å². The van der Waals surface area contributed by atoms with Crippen LogP contribution in [0.5, 0.6) is 0 Å². The number of hydrogen-bond acceptors (Lipinski definition) is 4. The van der Waals surface area contributed by atoms with E-state index in [1.54, 1.807) is 23.5 Å². The van der Waals surface area contributed by atoms with E-state index in [2.05, 4.69) is 16.3 Å². The maximum atomic E-state index is 12.4. The molecule has 0 radical (unpaired) electrons. The van der Waals surface area contributed by atoms with E-state index in [1.807, 2.05) is 30.3 Å². The van der Waals surface area contributed by atoms with Crippen LogP contribution >= 0.6 is 22.9 Å². The number of fused-ring (bicyclic) bond motifs is 1. The number of benzene rings is 2. The Morgan fingerprint density at radius 2 is 2.16 bits per heavy atom. The number of rotatable bonds is 4. The van der Waals surface area contributed by atoms with Crippen molar-refractivity contribution < 1.29 is 4.79 Å². The molecule has 6 heteroatoms. The molecule has 0 spiro atoms. The van der Waals surface area contributed by atoms with Gasteiger partial charge in [0.2, 0.25) is 5.91 Å². The van der Waals surface area contributed by atoms with Crippen LogP contribution in [0, 0.1) is 0 Å². The summed E-state index contributed by atoms with van der Waals surface area (Å²) in [6.45, 7) is 1.29. The first-order valence-corrected chi connectivity index (χ1v) is 9.53. The van der Waals surface area contributed by atoms with Crippen LogP contribution in [0.3, 0.4) is 0 Å². The number of nitrogens with one attached hydrogen (secondary N) is 1. The molecule has 0 saturated carbocycles. The molecular formula is C19H18ClN3OS. The van der Waals surface area contributed by atoms with Gasteiger partial charge in [-0.1, -0.05) is 29.8 Å². The van der Waals surface area contributed by atoms with Crippen molar-refractivity contribution in [2.45, 2.75) is 18.9 Å². The molecule has 128 valence electrons. The van der Waals surface area contributed by atoms with Gasteiger partial charge in [-0.3, -0.25) is 9.69 Å². The lowest BCUT2D eigenvalue weighted by Gasteiger charge is -2.22. The third kappa shape index (κ3) is 3.68. The Morgan fingerprint density at radius 3 is 3.00 bits per heavy atom. The maximum Gasteiger partial charge on any atom is 0.238 e. The Hall–Kier alpha value is -1.95. The molecule has 0 bridgehead atoms. The second-order valence-corrected chi connectivity index (χ2v) is 7.71. The van der Waals surface area contributed by atoms with Crippen LogP contribution in [0.1, 0.15) is 23.9 Å². The molecule has 1 atom stereocenters. The highest BCUT2D eigenvalue weighted by Gasteiger charge is 2.30. The van der Waals surface area contributed by atoms with E-state index in [-0.39, 0.29) is 11.9 Å². The molecule has 1 unspecified atom stereocenters. The van der Waals surface area contributed by atoms with Crippen LogP contribution < -0.4 is 5.32 Å². The average molecular weight is 372 g/mol. The normalized spacial score (nSPS) is 17.9. The van der Waals surface area contributed by atoms with Gasteiger partial charge in [0.05, 0.1) is 22.8 Å². The maximum absolute atomic E-state index is 12.4. The van der Waals surface area contributed by atoms with Crippen LogP contribution in [0.25, 0.3) is 10.2 Å². The summed E-state index contributed by atoms with van der Waals surface area (Å²) in [5, 5.41) is 4.65. The fourth-order valence-electron chi connectivity index (χ4n) is 3.28. The Kier molecular flexibility index (Phi) is 4.70. The number of hydrogen-bond donors (Lipinski definition) is 1. The Balaban J connectivity index is 1.46. The van der Waals surface area contributed by atoms with Crippen molar-refractivity contribution in [1.82, 2.24) is 9.88 Å². The van der Waals surface area contributed by atoms with Crippen LogP contribution in [0.2, 0.25) is 5.02 Å². The smallest absolute Gasteiger partial charge is 0.238 e. The van der Waals surface area contributed by atoms with Gasteiger partial charge in [0.1, 0.15) is 5.01 Å². The first-order chi connectivity index (χ1) is 12.2. The van der Waals surface area contributed by atoms with Crippen LogP contribution in [-0.2, 0) is 4.79 Å². The van der Waals surface area contributed by atoms with E-state index in [4.69, 9.17) is 16.6 Å². The summed E-state index contributed by atoms with van der Waals surface area (Å²) < 4.78 is 1.20. The fourth-order valence-corrected chi connectivity index (χ4v) is 4.61. The summed E-state index contributed by atoms with van der Waals surface area (Å²) in [5.74, 6) is -0.0183. The van der Waals surface area contributed by atoms with Crippen molar-refractivity contribution in [2.75, 3.05) is 18.4 Å². The fraction of sp³-hybridized carbons (Fsp3) is 0.263. The molecule has 1 fully saturated rings. The lowest BCUT2D eigenvalue weighted by molar-refractivity contribution is -0.117. The number of carbonyl (C=O) groups is 1. The van der Waals surface area contributed by atoms with Gasteiger partial charge < -0.3 is 5.32 Å². The quantitative estimate of drug-likeness (QED) is 0.721. The van der Waals surface area contributed by atoms with E-state index in [0.29, 0.717) is 11.6 Å². The molecule has 1 aliphatic rings. The summed E-state index contributed by atoms with van der Waals surface area (Å²) in [6.07, 6.45) is 2.13. The summed E-state index contributed by atoms with van der Waals surface area (Å²) in [7, 11) is 0. The number of nitrogens with zero attached hydrogens (tertiary/aromatic N) is 2. The predicted molar refractivity (Wildman–Crippen MR) is 103 cm³/mol. The zero-order valence-electron chi connectivity index (χ0n) is 13.6. The molecule has 1 amide bonds. The van der Waals surface area contributed by atoms with E-state index in [0.717, 1.165) is 35.6 Å². The van der Waals surface area contributed by atoms with E-state index in [9.17, 15) is 4.79 Å². The molecule has 1 N–H and O–H groups in total. The van der Waals surface area contributed by atoms with Crippen molar-refractivity contribution in [3.05, 3.63) is 58.6 Å². The highest BCUT2D eigenvalue weighted by atomic mass is 35.5. The second-order valence-electron chi connectivity index (χ2n) is 6.21. The van der Waals surface area contributed by atoms with Gasteiger partial charge in [-0.05, 0) is 49.7 Å². The molecule has 4 nitrogen and oxygen atoms in total. The van der Waals surface area contributed by atoms with Crippen molar-refractivity contribution in [3.63, 3.8) is 0 Å². The van der Waals surface area contributed by atoms with Crippen LogP contribution in [0.15, 0.2) is 48.5 Å². The minimum atomic E-state index is -0.0183. The molecule has 0 aliphatic carbocycles. The minimum absolute atomic E-state index is 0.0183. The van der Waals surface area contributed by atoms with Crippen molar-refractivity contribution in [1.29, 1.82) is 0 Å². The van der Waals surface area contributed by atoms with Crippen LogP contribution in [-0.4, -0.2) is 28.9 Å². The van der Waals surface area contributed by atoms with E-state index in [1.165, 1.54) is 4.70 Å². The molecule has 4 rings (SSSR count). The predicted octanol–water partition coefficient (Wildman–Crippen LogP) is 4.73. The SMILES string of the molecule is O=C(CN1CCCC1c1nc2ccccc2s1)Nc1cccc(Cl)c1. The van der Waals surface area contributed by atoms with Crippen molar-refractivity contribution >= 4 is 44.7 Å². The summed E-state index contributed by atoms with van der Waals surface area (Å²) >= 11 is 7.70. The first-order valence-electron chi connectivity index (χ1n) is 8.34. The van der Waals surface area contributed by atoms with E-state index < -0.39 is 0 Å². The van der Waals surface area contributed by atoms with Crippen molar-refractivity contribution in [3.8, 4) is 0 Å². The molecular weight excluding hydrogens is 354 g/mol. The molecule has 1 aliphatic heterocycles. The monoisotopic (exact) mass is 371 g/mol. The third-order valence-corrected chi connectivity index (χ3v) is 5.79. The summed E-state index contributed by atoms with van der Waals surface area (Å²) in [5.41, 5.74) is 1.77. The molecule has 1 saturated heterocycles. The van der Waals surface area contributed by atoms with Gasteiger partial charge in [0, 0.05) is 10.7 Å². The molecule has 1 aromatic heterocycles. The molecule has 3 aromatic rings. The first kappa shape index (κ1) is 16.5. The number of thiazole rings is 1. The van der Waals surface area contributed by atoms with Gasteiger partial charge in [-0.15, -0.1) is 11.3 Å². The number of aromatic nitrogens is 1. The largest absolute Gasteiger partial charge is 0.325 e. The van der Waals surface area contributed by atoms with Crippen molar-refractivity contribution in [2.24, 2.45) is 0 Å².